The zero-order valence-electron chi connectivity index (χ0n) is 18.8. The van der Waals surface area contributed by atoms with Gasteiger partial charge in [0, 0.05) is 5.56 Å². The van der Waals surface area contributed by atoms with Crippen molar-refractivity contribution in [1.29, 1.82) is 0 Å². The minimum Gasteiger partial charge on any atom is -0.490 e. The quantitative estimate of drug-likeness (QED) is 0.399. The molecule has 1 aliphatic carbocycles. The summed E-state index contributed by atoms with van der Waals surface area (Å²) in [6.07, 6.45) is 2.31. The lowest BCUT2D eigenvalue weighted by atomic mass is 10.1. The number of hydrogen-bond donors (Lipinski definition) is 0. The molecule has 0 atom stereocenters. The molecule has 0 saturated heterocycles. The monoisotopic (exact) mass is 456 g/mol. The zero-order chi connectivity index (χ0) is 23.6. The van der Waals surface area contributed by atoms with Gasteiger partial charge in [0.1, 0.15) is 17.0 Å². The fraction of sp³-hybridized carbons (Fsp3) is 0.360. The zero-order valence-corrected chi connectivity index (χ0v) is 18.8. The molecule has 33 heavy (non-hydrogen) atoms. The van der Waals surface area contributed by atoms with E-state index < -0.39 is 12.2 Å². The van der Waals surface area contributed by atoms with Gasteiger partial charge < -0.3 is 14.2 Å². The Morgan fingerprint density at radius 2 is 1.91 bits per heavy atom. The van der Waals surface area contributed by atoms with Gasteiger partial charge in [-0.1, -0.05) is 24.3 Å². The summed E-state index contributed by atoms with van der Waals surface area (Å²) >= 11 is 0. The first-order valence-electron chi connectivity index (χ1n) is 10.8. The predicted octanol–water partition coefficient (Wildman–Crippen LogP) is 5.57. The molecule has 6 nitrogen and oxygen atoms in total. The normalized spacial score (nSPS) is 13.9. The first-order valence-corrected chi connectivity index (χ1v) is 10.8. The van der Waals surface area contributed by atoms with Crippen molar-refractivity contribution in [2.24, 2.45) is 0 Å². The van der Waals surface area contributed by atoms with Gasteiger partial charge in [0.05, 0.1) is 24.1 Å². The van der Waals surface area contributed by atoms with Crippen LogP contribution < -0.4 is 9.47 Å². The van der Waals surface area contributed by atoms with E-state index in [0.29, 0.717) is 17.1 Å². The third-order valence-electron chi connectivity index (χ3n) is 5.46. The van der Waals surface area contributed by atoms with Crippen LogP contribution in [0.25, 0.3) is 16.9 Å². The minimum absolute atomic E-state index is 0.00114. The lowest BCUT2D eigenvalue weighted by molar-refractivity contribution is -0.139. The van der Waals surface area contributed by atoms with Crippen molar-refractivity contribution >= 4 is 5.78 Å². The summed E-state index contributed by atoms with van der Waals surface area (Å²) in [5, 5.41) is 4.60. The average Bonchev–Trinajstić information content (AvgIpc) is 3.48. The molecule has 0 amide bonds. The fourth-order valence-electron chi connectivity index (χ4n) is 3.18. The Labute approximate surface area is 191 Å². The molecule has 0 aliphatic heterocycles. The summed E-state index contributed by atoms with van der Waals surface area (Å²) < 4.78 is 44.1. The molecular formula is C25H26F2N2O4. The third kappa shape index (κ3) is 5.57. The van der Waals surface area contributed by atoms with Crippen molar-refractivity contribution < 1.29 is 27.8 Å². The molecule has 8 heteroatoms. The topological polar surface area (TPSA) is 62.6 Å². The van der Waals surface area contributed by atoms with E-state index in [1.165, 1.54) is 13.0 Å². The lowest BCUT2D eigenvalue weighted by Gasteiger charge is -2.21. The van der Waals surface area contributed by atoms with Gasteiger partial charge in [-0.25, -0.2) is 4.68 Å². The molecule has 0 radical (unpaired) electrons. The van der Waals surface area contributed by atoms with Crippen LogP contribution in [0, 0.1) is 0 Å². The van der Waals surface area contributed by atoms with E-state index in [-0.39, 0.29) is 24.2 Å². The molecule has 0 N–H and O–H groups in total. The molecule has 1 aliphatic rings. The maximum atomic E-state index is 13.0. The Morgan fingerprint density at radius 3 is 2.61 bits per heavy atom. The van der Waals surface area contributed by atoms with Crippen LogP contribution in [0.3, 0.4) is 0 Å². The molecule has 174 valence electrons. The third-order valence-corrected chi connectivity index (χ3v) is 5.46. The Balaban J connectivity index is 1.75. The number of ketones is 1. The fourth-order valence-corrected chi connectivity index (χ4v) is 3.18. The highest BCUT2D eigenvalue weighted by Crippen LogP contribution is 2.33. The van der Waals surface area contributed by atoms with Crippen LogP contribution >= 0.6 is 0 Å². The van der Waals surface area contributed by atoms with Crippen molar-refractivity contribution in [3.05, 3.63) is 60.3 Å². The van der Waals surface area contributed by atoms with Crippen LogP contribution in [-0.4, -0.2) is 33.9 Å². The molecule has 1 aromatic heterocycles. The van der Waals surface area contributed by atoms with Crippen LogP contribution in [0.15, 0.2) is 54.6 Å². The molecule has 0 spiro atoms. The van der Waals surface area contributed by atoms with Crippen LogP contribution in [0.5, 0.6) is 11.5 Å². The maximum Gasteiger partial charge on any atom is 0.387 e. The number of rotatable bonds is 10. The second-order valence-electron chi connectivity index (χ2n) is 8.48. The Hall–Kier alpha value is -3.26. The van der Waals surface area contributed by atoms with Crippen LogP contribution in [-0.2, 0) is 16.1 Å². The van der Waals surface area contributed by atoms with Gasteiger partial charge in [-0.05, 0) is 63.9 Å². The molecular weight excluding hydrogens is 430 g/mol. The van der Waals surface area contributed by atoms with Gasteiger partial charge in [-0.2, -0.15) is 13.9 Å². The first-order chi connectivity index (χ1) is 15.7. The number of nitrogens with zero attached hydrogens (tertiary/aromatic N) is 2. The number of para-hydroxylation sites is 2. The second kappa shape index (κ2) is 9.31. The van der Waals surface area contributed by atoms with E-state index in [1.54, 1.807) is 36.7 Å². The number of aromatic nitrogens is 2. The Kier molecular flexibility index (Phi) is 6.47. The average molecular weight is 456 g/mol. The van der Waals surface area contributed by atoms with Crippen LogP contribution in [0.4, 0.5) is 8.78 Å². The van der Waals surface area contributed by atoms with Crippen molar-refractivity contribution in [2.75, 3.05) is 0 Å². The highest BCUT2D eigenvalue weighted by Gasteiger charge is 2.26. The summed E-state index contributed by atoms with van der Waals surface area (Å²) in [4.78, 5) is 11.8. The number of halogens is 2. The number of alkyl halides is 2. The largest absolute Gasteiger partial charge is 0.490 e. The van der Waals surface area contributed by atoms with Gasteiger partial charge in [0.15, 0.2) is 11.5 Å². The summed E-state index contributed by atoms with van der Waals surface area (Å²) in [5.41, 5.74) is 1.38. The van der Waals surface area contributed by atoms with Gasteiger partial charge in [-0.3, -0.25) is 4.79 Å². The molecule has 1 fully saturated rings. The Morgan fingerprint density at radius 1 is 1.15 bits per heavy atom. The number of carbonyl (C=O) groups is 1. The van der Waals surface area contributed by atoms with E-state index in [2.05, 4.69) is 5.10 Å². The van der Waals surface area contributed by atoms with E-state index in [1.807, 2.05) is 30.3 Å². The molecule has 2 aromatic carbocycles. The number of ether oxygens (including phenoxy) is 3. The summed E-state index contributed by atoms with van der Waals surface area (Å²) in [6, 6.07) is 15.8. The molecule has 1 heterocycles. The molecule has 0 unspecified atom stereocenters. The molecule has 0 bridgehead atoms. The van der Waals surface area contributed by atoms with Crippen molar-refractivity contribution in [3.63, 3.8) is 0 Å². The van der Waals surface area contributed by atoms with E-state index in [4.69, 9.17) is 14.2 Å². The summed E-state index contributed by atoms with van der Waals surface area (Å²) in [5.74, 6) is 0.622. The van der Waals surface area contributed by atoms with E-state index in [9.17, 15) is 13.6 Å². The molecule has 1 saturated carbocycles. The van der Waals surface area contributed by atoms with E-state index >= 15 is 0 Å². The van der Waals surface area contributed by atoms with Gasteiger partial charge in [0.25, 0.3) is 0 Å². The molecule has 4 rings (SSSR count). The van der Waals surface area contributed by atoms with Crippen LogP contribution in [0.2, 0.25) is 0 Å². The Bertz CT molecular complexity index is 1140. The van der Waals surface area contributed by atoms with E-state index in [0.717, 1.165) is 24.2 Å². The van der Waals surface area contributed by atoms with Crippen LogP contribution in [0.1, 0.15) is 39.3 Å². The van der Waals surface area contributed by atoms with Gasteiger partial charge in [0.2, 0.25) is 0 Å². The second-order valence-corrected chi connectivity index (χ2v) is 8.48. The maximum absolute atomic E-state index is 13.0. The van der Waals surface area contributed by atoms with Gasteiger partial charge >= 0.3 is 6.61 Å². The van der Waals surface area contributed by atoms with Crippen molar-refractivity contribution in [1.82, 2.24) is 9.78 Å². The smallest absolute Gasteiger partial charge is 0.387 e. The SMILES string of the molecule is CC(=O)C(C)(C)OCc1cc(-c2cccc(OC3CC3)c2)n(-c2ccccc2OC(F)F)n1. The molecule has 3 aromatic rings. The summed E-state index contributed by atoms with van der Waals surface area (Å²) in [6.45, 7) is 1.95. The number of carbonyl (C=O) groups excluding carboxylic acids is 1. The highest BCUT2D eigenvalue weighted by molar-refractivity contribution is 5.83. The highest BCUT2D eigenvalue weighted by atomic mass is 19.3. The number of benzene rings is 2. The number of hydrogen-bond acceptors (Lipinski definition) is 5. The van der Waals surface area contributed by atoms with Crippen molar-refractivity contribution in [3.8, 4) is 28.4 Å². The number of Topliss-reactive ketones (excluding diaryl/α,β-unsaturated/α-hetero) is 1. The lowest BCUT2D eigenvalue weighted by Crippen LogP contribution is -2.32. The minimum atomic E-state index is -2.97. The van der Waals surface area contributed by atoms with Crippen molar-refractivity contribution in [2.45, 2.75) is 58.5 Å². The standard InChI is InChI=1S/C25H26F2N2O4/c1-16(30)25(2,3)31-15-18-14-22(17-7-6-8-20(13-17)32-19-11-12-19)29(28-18)21-9-4-5-10-23(21)33-24(26)27/h4-10,13-14,19,24H,11-12,15H2,1-3H3. The summed E-state index contributed by atoms with van der Waals surface area (Å²) in [7, 11) is 0. The first kappa shape index (κ1) is 22.9. The predicted molar refractivity (Wildman–Crippen MR) is 119 cm³/mol. The van der Waals surface area contributed by atoms with Gasteiger partial charge in [-0.15, -0.1) is 0 Å².